The third-order valence-electron chi connectivity index (χ3n) is 5.59. The summed E-state index contributed by atoms with van der Waals surface area (Å²) in [4.78, 5) is 26.9. The highest BCUT2D eigenvalue weighted by atomic mass is 35.5. The van der Waals surface area contributed by atoms with Gasteiger partial charge < -0.3 is 10.3 Å². The van der Waals surface area contributed by atoms with E-state index in [9.17, 15) is 19.2 Å². The molecule has 1 heterocycles. The molecule has 2 N–H and O–H groups in total. The average Bonchev–Trinajstić information content (AvgIpc) is 2.71. The van der Waals surface area contributed by atoms with Crippen LogP contribution in [0.15, 0.2) is 47.3 Å². The van der Waals surface area contributed by atoms with Gasteiger partial charge >= 0.3 is 0 Å². The van der Waals surface area contributed by atoms with Crippen LogP contribution < -0.4 is 10.9 Å². The van der Waals surface area contributed by atoms with E-state index in [1.807, 2.05) is 24.3 Å². The Morgan fingerprint density at radius 3 is 2.57 bits per heavy atom. The number of anilines is 1. The molecule has 0 saturated heterocycles. The van der Waals surface area contributed by atoms with Gasteiger partial charge in [0.25, 0.3) is 5.56 Å². The summed E-state index contributed by atoms with van der Waals surface area (Å²) in [5.74, 6) is -0.323. The van der Waals surface area contributed by atoms with E-state index in [2.05, 4.69) is 10.3 Å². The van der Waals surface area contributed by atoms with Crippen molar-refractivity contribution in [2.45, 2.75) is 25.3 Å². The lowest BCUT2D eigenvalue weighted by atomic mass is 9.77. The highest BCUT2D eigenvalue weighted by Crippen LogP contribution is 2.34. The van der Waals surface area contributed by atoms with Crippen molar-refractivity contribution in [2.24, 2.45) is 5.92 Å². The van der Waals surface area contributed by atoms with Crippen molar-refractivity contribution in [3.05, 3.63) is 75.3 Å². The molecule has 2 aromatic carbocycles. The maximum absolute atomic E-state index is 13.1. The fraction of sp³-hybridized carbons (Fsp3) is 0.261. The second-order valence-electron chi connectivity index (χ2n) is 7.61. The zero-order valence-corrected chi connectivity index (χ0v) is 16.8. The number of nitriles is 1. The molecular formula is C23H19ClFN3O2. The number of nitrogens with one attached hydrogen (secondary N) is 2. The molecule has 4 rings (SSSR count). The number of halogens is 2. The summed E-state index contributed by atoms with van der Waals surface area (Å²) in [6.45, 7) is 0. The number of aromatic nitrogens is 1. The Bertz CT molecular complexity index is 1210. The quantitative estimate of drug-likeness (QED) is 0.584. The minimum absolute atomic E-state index is 0.00556. The number of carbonyl (C=O) groups excluding carboxylic acids is 1. The van der Waals surface area contributed by atoms with Gasteiger partial charge in [0.05, 0.1) is 17.1 Å². The van der Waals surface area contributed by atoms with Crippen LogP contribution in [0, 0.1) is 23.1 Å². The molecule has 1 aliphatic rings. The van der Waals surface area contributed by atoms with Gasteiger partial charge in [-0.15, -0.1) is 11.6 Å². The summed E-state index contributed by atoms with van der Waals surface area (Å²) in [5.41, 5.74) is 2.59. The van der Waals surface area contributed by atoms with E-state index in [0.29, 0.717) is 30.5 Å². The minimum atomic E-state index is -0.459. The first kappa shape index (κ1) is 20.1. The number of benzene rings is 2. The molecule has 1 aromatic heterocycles. The molecule has 0 radical (unpaired) electrons. The molecule has 1 fully saturated rings. The first-order valence-corrected chi connectivity index (χ1v) is 10.2. The van der Waals surface area contributed by atoms with Gasteiger partial charge in [0, 0.05) is 17.3 Å². The lowest BCUT2D eigenvalue weighted by Crippen LogP contribution is -2.40. The summed E-state index contributed by atoms with van der Waals surface area (Å²) < 4.78 is 13.1. The molecule has 7 heteroatoms. The van der Waals surface area contributed by atoms with Crippen LogP contribution in [0.5, 0.6) is 0 Å². The van der Waals surface area contributed by atoms with Gasteiger partial charge in [0.2, 0.25) is 0 Å². The van der Waals surface area contributed by atoms with E-state index in [1.165, 1.54) is 12.1 Å². The van der Waals surface area contributed by atoms with Gasteiger partial charge in [-0.05, 0) is 48.6 Å². The van der Waals surface area contributed by atoms with Crippen LogP contribution in [0.1, 0.15) is 29.5 Å². The lowest BCUT2D eigenvalue weighted by Gasteiger charge is -2.35. The number of pyridine rings is 1. The lowest BCUT2D eigenvalue weighted by molar-refractivity contribution is -0.122. The SMILES string of the molecule is N#Cc1c(NC2CC(C(=O)CCl)C2)c2ccc(Cc3ccc(F)cc3)cc2[nH]c1=O. The van der Waals surface area contributed by atoms with Crippen molar-refractivity contribution in [2.75, 3.05) is 11.2 Å². The Labute approximate surface area is 177 Å². The normalized spacial score (nSPS) is 17.9. The first-order valence-electron chi connectivity index (χ1n) is 9.67. The van der Waals surface area contributed by atoms with Crippen LogP contribution in [-0.2, 0) is 11.2 Å². The van der Waals surface area contributed by atoms with Gasteiger partial charge in [-0.3, -0.25) is 9.59 Å². The van der Waals surface area contributed by atoms with Crippen LogP contribution in [-0.4, -0.2) is 22.7 Å². The molecule has 0 bridgehead atoms. The Morgan fingerprint density at radius 2 is 1.90 bits per heavy atom. The smallest absolute Gasteiger partial charge is 0.268 e. The van der Waals surface area contributed by atoms with Gasteiger partial charge in [-0.1, -0.05) is 24.3 Å². The van der Waals surface area contributed by atoms with Gasteiger partial charge in [0.15, 0.2) is 5.78 Å². The Kier molecular flexibility index (Phi) is 5.56. The minimum Gasteiger partial charge on any atom is -0.380 e. The highest BCUT2D eigenvalue weighted by Gasteiger charge is 2.34. The molecule has 0 atom stereocenters. The van der Waals surface area contributed by atoms with E-state index < -0.39 is 5.56 Å². The molecule has 0 amide bonds. The largest absolute Gasteiger partial charge is 0.380 e. The van der Waals surface area contributed by atoms with Crippen molar-refractivity contribution in [3.8, 4) is 6.07 Å². The fourth-order valence-electron chi connectivity index (χ4n) is 3.86. The van der Waals surface area contributed by atoms with E-state index in [0.717, 1.165) is 16.5 Å². The Morgan fingerprint density at radius 1 is 1.20 bits per heavy atom. The number of Topliss-reactive ketones (excluding diaryl/α,β-unsaturated/α-hetero) is 1. The Balaban J connectivity index is 1.64. The number of carbonyl (C=O) groups is 1. The number of aromatic amines is 1. The standard InChI is InChI=1S/C23H19ClFN3O2/c24-11-21(29)15-9-17(10-15)27-22-18-6-3-14(7-13-1-4-16(25)5-2-13)8-20(18)28-23(30)19(22)12-26/h1-6,8,15,17H,7,9-11H2,(H2,27,28,30). The molecule has 5 nitrogen and oxygen atoms in total. The summed E-state index contributed by atoms with van der Waals surface area (Å²) >= 11 is 5.62. The summed E-state index contributed by atoms with van der Waals surface area (Å²) in [6.07, 6.45) is 1.85. The molecular weight excluding hydrogens is 405 g/mol. The first-order chi connectivity index (χ1) is 14.5. The zero-order chi connectivity index (χ0) is 21.3. The van der Waals surface area contributed by atoms with E-state index in [1.54, 1.807) is 12.1 Å². The van der Waals surface area contributed by atoms with E-state index >= 15 is 0 Å². The number of rotatable bonds is 6. The van der Waals surface area contributed by atoms with Crippen molar-refractivity contribution in [1.82, 2.24) is 4.98 Å². The van der Waals surface area contributed by atoms with Crippen LogP contribution >= 0.6 is 11.6 Å². The third kappa shape index (κ3) is 3.94. The highest BCUT2D eigenvalue weighted by molar-refractivity contribution is 6.28. The van der Waals surface area contributed by atoms with Crippen molar-refractivity contribution >= 4 is 34.0 Å². The summed E-state index contributed by atoms with van der Waals surface area (Å²) in [6, 6.07) is 13.9. The third-order valence-corrected chi connectivity index (χ3v) is 5.85. The number of H-pyrrole nitrogens is 1. The maximum atomic E-state index is 13.1. The maximum Gasteiger partial charge on any atom is 0.268 e. The van der Waals surface area contributed by atoms with Crippen LogP contribution in [0.4, 0.5) is 10.1 Å². The predicted molar refractivity (Wildman–Crippen MR) is 114 cm³/mol. The Hall–Kier alpha value is -3.17. The summed E-state index contributed by atoms with van der Waals surface area (Å²) in [7, 11) is 0. The van der Waals surface area contributed by atoms with Crippen molar-refractivity contribution in [3.63, 3.8) is 0 Å². The van der Waals surface area contributed by atoms with Gasteiger partial charge in [-0.2, -0.15) is 5.26 Å². The number of nitrogens with zero attached hydrogens (tertiary/aromatic N) is 1. The van der Waals surface area contributed by atoms with Crippen molar-refractivity contribution < 1.29 is 9.18 Å². The average molecular weight is 424 g/mol. The molecule has 1 aliphatic carbocycles. The number of hydrogen-bond acceptors (Lipinski definition) is 4. The van der Waals surface area contributed by atoms with E-state index in [-0.39, 0.29) is 35.0 Å². The molecule has 0 spiro atoms. The number of alkyl halides is 1. The molecule has 30 heavy (non-hydrogen) atoms. The second-order valence-corrected chi connectivity index (χ2v) is 7.88. The van der Waals surface area contributed by atoms with E-state index in [4.69, 9.17) is 11.6 Å². The monoisotopic (exact) mass is 423 g/mol. The second kappa shape index (κ2) is 8.29. The molecule has 0 aliphatic heterocycles. The van der Waals surface area contributed by atoms with Crippen molar-refractivity contribution in [1.29, 1.82) is 5.26 Å². The molecule has 152 valence electrons. The molecule has 0 unspecified atom stereocenters. The number of fused-ring (bicyclic) bond motifs is 1. The van der Waals surface area contributed by atoms with Gasteiger partial charge in [-0.25, -0.2) is 4.39 Å². The molecule has 1 saturated carbocycles. The topological polar surface area (TPSA) is 85.8 Å². The van der Waals surface area contributed by atoms with Gasteiger partial charge in [0.1, 0.15) is 17.4 Å². The predicted octanol–water partition coefficient (Wildman–Crippen LogP) is 4.13. The summed E-state index contributed by atoms with van der Waals surface area (Å²) in [5, 5.41) is 13.5. The van der Waals surface area contributed by atoms with Crippen LogP contribution in [0.25, 0.3) is 10.9 Å². The number of hydrogen-bond donors (Lipinski definition) is 2. The molecule has 3 aromatic rings. The number of ketones is 1. The van der Waals surface area contributed by atoms with Crippen LogP contribution in [0.3, 0.4) is 0 Å². The van der Waals surface area contributed by atoms with Crippen LogP contribution in [0.2, 0.25) is 0 Å². The zero-order valence-electron chi connectivity index (χ0n) is 16.0. The fourth-order valence-corrected chi connectivity index (χ4v) is 4.08.